The predicted molar refractivity (Wildman–Crippen MR) is 119 cm³/mol. The molecule has 0 fully saturated rings. The van der Waals surface area contributed by atoms with Gasteiger partial charge < -0.3 is 10.1 Å². The van der Waals surface area contributed by atoms with Crippen molar-refractivity contribution in [2.45, 2.75) is 13.0 Å². The molecule has 2 heterocycles. The summed E-state index contributed by atoms with van der Waals surface area (Å²) in [4.78, 5) is 21.9. The van der Waals surface area contributed by atoms with Crippen molar-refractivity contribution in [1.29, 1.82) is 0 Å². The first kappa shape index (κ1) is 20.3. The topological polar surface area (TPSA) is 81.9 Å². The summed E-state index contributed by atoms with van der Waals surface area (Å²) in [5, 5.41) is 7.84. The lowest BCUT2D eigenvalue weighted by atomic mass is 9.96. The van der Waals surface area contributed by atoms with Gasteiger partial charge in [-0.1, -0.05) is 35.9 Å². The first-order valence-electron chi connectivity index (χ1n) is 9.85. The van der Waals surface area contributed by atoms with Gasteiger partial charge in [0.2, 0.25) is 5.78 Å². The Kier molecular flexibility index (Phi) is 5.75. The lowest BCUT2D eigenvalue weighted by Crippen LogP contribution is -2.22. The molecule has 0 amide bonds. The third kappa shape index (κ3) is 4.45. The molecule has 0 aliphatic heterocycles. The molecule has 7 heteroatoms. The maximum Gasteiger partial charge on any atom is 0.210 e. The van der Waals surface area contributed by atoms with Gasteiger partial charge in [-0.15, -0.1) is 0 Å². The minimum atomic E-state index is -0.633. The molecule has 0 aliphatic carbocycles. The summed E-state index contributed by atoms with van der Waals surface area (Å²) < 4.78 is 6.96. The highest BCUT2D eigenvalue weighted by Gasteiger charge is 2.27. The molecule has 0 saturated heterocycles. The molecule has 0 saturated carbocycles. The van der Waals surface area contributed by atoms with Gasteiger partial charge in [0.25, 0.3) is 0 Å². The van der Waals surface area contributed by atoms with Gasteiger partial charge in [-0.05, 0) is 24.6 Å². The van der Waals surface area contributed by atoms with Gasteiger partial charge in [0.15, 0.2) is 0 Å². The highest BCUT2D eigenvalue weighted by Crippen LogP contribution is 2.30. The number of nitrogens with zero attached hydrogens (tertiary/aromatic N) is 4. The summed E-state index contributed by atoms with van der Waals surface area (Å²) in [7, 11) is 3.41. The number of aryl methyl sites for hydroxylation is 2. The van der Waals surface area contributed by atoms with E-state index in [1.54, 1.807) is 31.2 Å². The van der Waals surface area contributed by atoms with E-state index in [2.05, 4.69) is 20.4 Å². The van der Waals surface area contributed by atoms with Crippen LogP contribution >= 0.6 is 0 Å². The number of benzene rings is 2. The fraction of sp³-hybridized carbons (Fsp3) is 0.167. The van der Waals surface area contributed by atoms with Crippen LogP contribution in [-0.4, -0.2) is 32.6 Å². The highest BCUT2D eigenvalue weighted by molar-refractivity contribution is 6.05. The second-order valence-corrected chi connectivity index (χ2v) is 7.28. The smallest absolute Gasteiger partial charge is 0.210 e. The molecule has 31 heavy (non-hydrogen) atoms. The number of aromatic nitrogens is 4. The average molecular weight is 413 g/mol. The van der Waals surface area contributed by atoms with Gasteiger partial charge >= 0.3 is 0 Å². The van der Waals surface area contributed by atoms with Crippen LogP contribution in [0.3, 0.4) is 0 Å². The Morgan fingerprint density at radius 2 is 1.84 bits per heavy atom. The zero-order chi connectivity index (χ0) is 21.8. The number of methoxy groups -OCH3 is 1. The van der Waals surface area contributed by atoms with E-state index in [4.69, 9.17) is 4.74 Å². The molecule has 2 aromatic carbocycles. The molecular formula is C24H23N5O2. The number of ketones is 1. The van der Waals surface area contributed by atoms with Gasteiger partial charge in [-0.3, -0.25) is 9.48 Å². The first-order chi connectivity index (χ1) is 15.0. The molecule has 0 aliphatic rings. The van der Waals surface area contributed by atoms with Crippen molar-refractivity contribution in [3.05, 3.63) is 90.3 Å². The number of hydrogen-bond acceptors (Lipinski definition) is 6. The minimum Gasteiger partial charge on any atom is -0.497 e. The molecular weight excluding hydrogens is 390 g/mol. The summed E-state index contributed by atoms with van der Waals surface area (Å²) in [5.74, 6) is 0.561. The molecule has 0 bridgehead atoms. The van der Waals surface area contributed by atoms with E-state index in [9.17, 15) is 4.79 Å². The SMILES string of the molecule is COc1cccc(NC(C(=O)c2nn(C)cc2-c2cncnc2)c2ccc(C)cc2)c1. The summed E-state index contributed by atoms with van der Waals surface area (Å²) in [5.41, 5.74) is 4.54. The maximum atomic E-state index is 13.8. The van der Waals surface area contributed by atoms with E-state index in [1.807, 2.05) is 61.7 Å². The van der Waals surface area contributed by atoms with E-state index in [0.717, 1.165) is 22.4 Å². The number of carbonyl (C=O) groups excluding carboxylic acids is 1. The second kappa shape index (κ2) is 8.79. The fourth-order valence-electron chi connectivity index (χ4n) is 3.40. The Balaban J connectivity index is 1.77. The van der Waals surface area contributed by atoms with Crippen molar-refractivity contribution in [2.75, 3.05) is 12.4 Å². The van der Waals surface area contributed by atoms with Gasteiger partial charge in [0.1, 0.15) is 23.8 Å². The lowest BCUT2D eigenvalue weighted by Gasteiger charge is -2.20. The predicted octanol–water partition coefficient (Wildman–Crippen LogP) is 4.23. The van der Waals surface area contributed by atoms with Gasteiger partial charge in [-0.25, -0.2) is 9.97 Å². The third-order valence-electron chi connectivity index (χ3n) is 4.99. The first-order valence-corrected chi connectivity index (χ1v) is 9.85. The van der Waals surface area contributed by atoms with Crippen molar-refractivity contribution < 1.29 is 9.53 Å². The Morgan fingerprint density at radius 1 is 1.10 bits per heavy atom. The third-order valence-corrected chi connectivity index (χ3v) is 4.99. The monoisotopic (exact) mass is 413 g/mol. The Morgan fingerprint density at radius 3 is 2.55 bits per heavy atom. The number of rotatable bonds is 7. The number of hydrogen-bond donors (Lipinski definition) is 1. The quantitative estimate of drug-likeness (QED) is 0.457. The van der Waals surface area contributed by atoms with Crippen molar-refractivity contribution in [3.63, 3.8) is 0 Å². The van der Waals surface area contributed by atoms with E-state index in [1.165, 1.54) is 6.33 Å². The molecule has 0 radical (unpaired) electrons. The van der Waals surface area contributed by atoms with Crippen LogP contribution in [0.5, 0.6) is 5.75 Å². The van der Waals surface area contributed by atoms with Gasteiger partial charge in [-0.2, -0.15) is 5.10 Å². The maximum absolute atomic E-state index is 13.8. The van der Waals surface area contributed by atoms with Crippen LogP contribution in [-0.2, 0) is 7.05 Å². The number of nitrogens with one attached hydrogen (secondary N) is 1. The van der Waals surface area contributed by atoms with Gasteiger partial charge in [0.05, 0.1) is 7.11 Å². The van der Waals surface area contributed by atoms with Crippen LogP contribution in [0.1, 0.15) is 27.7 Å². The molecule has 0 spiro atoms. The van der Waals surface area contributed by atoms with Crippen LogP contribution < -0.4 is 10.1 Å². The molecule has 156 valence electrons. The molecule has 1 unspecified atom stereocenters. The zero-order valence-corrected chi connectivity index (χ0v) is 17.6. The standard InChI is InChI=1S/C24H23N5O2/c1-16-7-9-17(10-8-16)22(27-19-5-4-6-20(11-19)31-3)24(30)23-21(14-29(2)28-23)18-12-25-15-26-13-18/h4-15,22,27H,1-3H3. The summed E-state index contributed by atoms with van der Waals surface area (Å²) in [6.07, 6.45) is 6.62. The highest BCUT2D eigenvalue weighted by atomic mass is 16.5. The molecule has 1 N–H and O–H groups in total. The molecule has 7 nitrogen and oxygen atoms in total. The summed E-state index contributed by atoms with van der Waals surface area (Å²) in [6, 6.07) is 14.8. The lowest BCUT2D eigenvalue weighted by molar-refractivity contribution is 0.0964. The van der Waals surface area contributed by atoms with E-state index >= 15 is 0 Å². The normalized spacial score (nSPS) is 11.7. The van der Waals surface area contributed by atoms with Crippen LogP contribution in [0.4, 0.5) is 5.69 Å². The number of carbonyl (C=O) groups is 1. The summed E-state index contributed by atoms with van der Waals surface area (Å²) >= 11 is 0. The van der Waals surface area contributed by atoms with Gasteiger partial charge in [0, 0.05) is 48.5 Å². The molecule has 1 atom stereocenters. The van der Waals surface area contributed by atoms with Crippen LogP contribution in [0.15, 0.2) is 73.4 Å². The summed E-state index contributed by atoms with van der Waals surface area (Å²) in [6.45, 7) is 2.02. The van der Waals surface area contributed by atoms with Crippen molar-refractivity contribution in [1.82, 2.24) is 19.7 Å². The minimum absolute atomic E-state index is 0.147. The van der Waals surface area contributed by atoms with Crippen molar-refractivity contribution in [3.8, 4) is 16.9 Å². The Labute approximate surface area is 180 Å². The number of Topliss-reactive ketones (excluding diaryl/α,β-unsaturated/α-hetero) is 1. The van der Waals surface area contributed by atoms with Crippen molar-refractivity contribution >= 4 is 11.5 Å². The van der Waals surface area contributed by atoms with Crippen LogP contribution in [0.25, 0.3) is 11.1 Å². The van der Waals surface area contributed by atoms with E-state index < -0.39 is 6.04 Å². The molecule has 4 rings (SSSR count). The Bertz CT molecular complexity index is 1190. The van der Waals surface area contributed by atoms with E-state index in [-0.39, 0.29) is 5.78 Å². The van der Waals surface area contributed by atoms with Crippen LogP contribution in [0.2, 0.25) is 0 Å². The fourth-order valence-corrected chi connectivity index (χ4v) is 3.40. The number of ether oxygens (including phenoxy) is 1. The molecule has 4 aromatic rings. The molecule has 2 aromatic heterocycles. The van der Waals surface area contributed by atoms with Crippen LogP contribution in [0, 0.1) is 6.92 Å². The van der Waals surface area contributed by atoms with Crippen molar-refractivity contribution in [2.24, 2.45) is 7.05 Å². The number of anilines is 1. The second-order valence-electron chi connectivity index (χ2n) is 7.28. The average Bonchev–Trinajstić information content (AvgIpc) is 3.20. The zero-order valence-electron chi connectivity index (χ0n) is 17.6. The Hall–Kier alpha value is -4.00. The largest absolute Gasteiger partial charge is 0.497 e. The van der Waals surface area contributed by atoms with E-state index in [0.29, 0.717) is 17.0 Å².